The lowest BCUT2D eigenvalue weighted by molar-refractivity contribution is -0.145. The number of rotatable bonds is 22. The number of carbonyl (C=O) groups excluding carboxylic acids is 2. The van der Waals surface area contributed by atoms with E-state index in [9.17, 15) is 9.59 Å². The molecule has 1 unspecified atom stereocenters. The van der Waals surface area contributed by atoms with Crippen molar-refractivity contribution in [2.24, 2.45) is 5.92 Å². The van der Waals surface area contributed by atoms with Gasteiger partial charge in [-0.1, -0.05) is 84.6 Å². The van der Waals surface area contributed by atoms with Crippen molar-refractivity contribution in [1.82, 2.24) is 0 Å². The van der Waals surface area contributed by atoms with Crippen LogP contribution in [0.4, 0.5) is 0 Å². The highest BCUT2D eigenvalue weighted by molar-refractivity contribution is 5.89. The quantitative estimate of drug-likeness (QED) is 0.0754. The molecule has 0 radical (unpaired) electrons. The molecule has 0 saturated carbocycles. The van der Waals surface area contributed by atoms with Crippen LogP contribution in [0.15, 0.2) is 24.5 Å². The molecular weight excluding hydrogens is 388 g/mol. The third-order valence-electron chi connectivity index (χ3n) is 5.53. The summed E-state index contributed by atoms with van der Waals surface area (Å²) in [6, 6.07) is 0. The van der Waals surface area contributed by atoms with Crippen molar-refractivity contribution in [3.05, 3.63) is 24.5 Å². The van der Waals surface area contributed by atoms with Crippen molar-refractivity contribution in [2.75, 3.05) is 13.2 Å². The van der Waals surface area contributed by atoms with E-state index in [2.05, 4.69) is 20.4 Å². The lowest BCUT2D eigenvalue weighted by Crippen LogP contribution is -2.18. The Kier molecular flexibility index (Phi) is 20.5. The summed E-state index contributed by atoms with van der Waals surface area (Å²) in [6.07, 6.45) is 18.9. The second-order valence-electron chi connectivity index (χ2n) is 8.52. The minimum Gasteiger partial charge on any atom is -0.498 e. The Morgan fingerprint density at radius 1 is 0.806 bits per heavy atom. The molecule has 0 saturated heterocycles. The summed E-state index contributed by atoms with van der Waals surface area (Å²) >= 11 is 0. The number of esters is 1. The number of allylic oxidation sites excluding steroid dienone is 3. The first kappa shape index (κ1) is 29.4. The van der Waals surface area contributed by atoms with Crippen molar-refractivity contribution in [2.45, 2.75) is 117 Å². The van der Waals surface area contributed by atoms with Crippen molar-refractivity contribution >= 4 is 11.8 Å². The summed E-state index contributed by atoms with van der Waals surface area (Å²) in [5, 5.41) is 0. The molecule has 0 aromatic carbocycles. The highest BCUT2D eigenvalue weighted by Gasteiger charge is 2.17. The number of hydrogen-bond donors (Lipinski definition) is 0. The zero-order valence-corrected chi connectivity index (χ0v) is 20.6. The van der Waals surface area contributed by atoms with Crippen LogP contribution in [0.2, 0.25) is 0 Å². The second-order valence-corrected chi connectivity index (χ2v) is 8.52. The molecule has 0 aliphatic rings. The molecule has 0 aliphatic heterocycles. The average Bonchev–Trinajstić information content (AvgIpc) is 2.77. The van der Waals surface area contributed by atoms with Crippen molar-refractivity contribution in [1.29, 1.82) is 0 Å². The zero-order valence-electron chi connectivity index (χ0n) is 20.6. The van der Waals surface area contributed by atoms with Crippen molar-refractivity contribution in [3.63, 3.8) is 0 Å². The number of hydrogen-bond acceptors (Lipinski definition) is 4. The van der Waals surface area contributed by atoms with Crippen molar-refractivity contribution < 1.29 is 19.1 Å². The molecule has 0 heterocycles. The maximum absolute atomic E-state index is 12.1. The molecular formula is C27H48O4. The van der Waals surface area contributed by atoms with E-state index in [0.29, 0.717) is 25.9 Å². The molecule has 0 amide bonds. The summed E-state index contributed by atoms with van der Waals surface area (Å²) in [5.74, 6) is 0.613. The predicted octanol–water partition coefficient (Wildman–Crippen LogP) is 7.71. The van der Waals surface area contributed by atoms with Gasteiger partial charge in [0.25, 0.3) is 0 Å². The van der Waals surface area contributed by atoms with Crippen LogP contribution in [-0.4, -0.2) is 25.0 Å². The lowest BCUT2D eigenvalue weighted by atomic mass is 9.98. The first-order valence-electron chi connectivity index (χ1n) is 12.7. The summed E-state index contributed by atoms with van der Waals surface area (Å²) in [5.41, 5.74) is 0. The lowest BCUT2D eigenvalue weighted by Gasteiger charge is -2.18. The zero-order chi connectivity index (χ0) is 23.2. The Morgan fingerprint density at radius 2 is 1.39 bits per heavy atom. The van der Waals surface area contributed by atoms with Crippen LogP contribution in [0.25, 0.3) is 0 Å². The first-order valence-corrected chi connectivity index (χ1v) is 12.7. The fourth-order valence-corrected chi connectivity index (χ4v) is 3.52. The largest absolute Gasteiger partial charge is 0.498 e. The fourth-order valence-electron chi connectivity index (χ4n) is 3.52. The van der Waals surface area contributed by atoms with Crippen LogP contribution < -0.4 is 0 Å². The highest BCUT2D eigenvalue weighted by atomic mass is 16.5. The van der Waals surface area contributed by atoms with Gasteiger partial charge in [-0.25, -0.2) is 0 Å². The standard InChI is InChI=1S/C27H48O4/c1-5-9-11-13-15-17-19-27(29)31-23-24(21-25(28)7-3)22-26(8-4)30-20-18-16-14-12-10-6-2/h7-8,24H,3,5-6,9-23H2,1-2,4H3/b26-8-. The van der Waals surface area contributed by atoms with Gasteiger partial charge in [0.05, 0.1) is 19.0 Å². The molecule has 0 bridgehead atoms. The first-order chi connectivity index (χ1) is 15.1. The molecule has 0 aromatic rings. The minimum atomic E-state index is -0.165. The van der Waals surface area contributed by atoms with E-state index >= 15 is 0 Å². The highest BCUT2D eigenvalue weighted by Crippen LogP contribution is 2.19. The molecule has 4 nitrogen and oxygen atoms in total. The molecule has 0 spiro atoms. The Balaban J connectivity index is 4.29. The minimum absolute atomic E-state index is 0.0247. The number of ether oxygens (including phenoxy) is 2. The number of ketones is 1. The van der Waals surface area contributed by atoms with E-state index in [1.807, 2.05) is 13.0 Å². The van der Waals surface area contributed by atoms with Crippen LogP contribution in [0.5, 0.6) is 0 Å². The predicted molar refractivity (Wildman–Crippen MR) is 130 cm³/mol. The molecule has 4 heteroatoms. The average molecular weight is 437 g/mol. The monoisotopic (exact) mass is 436 g/mol. The van der Waals surface area contributed by atoms with E-state index in [0.717, 1.165) is 25.0 Å². The maximum Gasteiger partial charge on any atom is 0.305 e. The summed E-state index contributed by atoms with van der Waals surface area (Å²) in [7, 11) is 0. The van der Waals surface area contributed by atoms with Gasteiger partial charge in [0.1, 0.15) is 0 Å². The smallest absolute Gasteiger partial charge is 0.305 e. The number of carbonyl (C=O) groups is 2. The van der Waals surface area contributed by atoms with Crippen LogP contribution in [0.3, 0.4) is 0 Å². The summed E-state index contributed by atoms with van der Waals surface area (Å²) in [4.78, 5) is 24.0. The Bertz CT molecular complexity index is 495. The Labute approximate surface area is 191 Å². The molecule has 0 N–H and O–H groups in total. The molecule has 1 atom stereocenters. The Hall–Kier alpha value is -1.58. The van der Waals surface area contributed by atoms with E-state index in [1.54, 1.807) is 0 Å². The second kappa shape index (κ2) is 21.6. The van der Waals surface area contributed by atoms with Gasteiger partial charge in [-0.3, -0.25) is 9.59 Å². The third kappa shape index (κ3) is 18.9. The van der Waals surface area contributed by atoms with Gasteiger partial charge in [-0.15, -0.1) is 0 Å². The molecule has 0 fully saturated rings. The molecule has 180 valence electrons. The fraction of sp³-hybridized carbons (Fsp3) is 0.778. The van der Waals surface area contributed by atoms with Crippen LogP contribution >= 0.6 is 0 Å². The van der Waals surface area contributed by atoms with E-state index in [1.165, 1.54) is 63.9 Å². The van der Waals surface area contributed by atoms with E-state index in [-0.39, 0.29) is 24.3 Å². The molecule has 31 heavy (non-hydrogen) atoms. The Morgan fingerprint density at radius 3 is 1.97 bits per heavy atom. The number of unbranched alkanes of at least 4 members (excludes halogenated alkanes) is 10. The van der Waals surface area contributed by atoms with Crippen LogP contribution in [-0.2, 0) is 19.1 Å². The van der Waals surface area contributed by atoms with E-state index in [4.69, 9.17) is 9.47 Å². The van der Waals surface area contributed by atoms with Gasteiger partial charge in [0.2, 0.25) is 0 Å². The van der Waals surface area contributed by atoms with Crippen LogP contribution in [0, 0.1) is 5.92 Å². The molecule has 0 rings (SSSR count). The topological polar surface area (TPSA) is 52.6 Å². The SMILES string of the molecule is C=CC(=O)CC(COC(=O)CCCCCCCC)C/C(=C/C)OCCCCCCCC. The summed E-state index contributed by atoms with van der Waals surface area (Å²) < 4.78 is 11.4. The van der Waals surface area contributed by atoms with Gasteiger partial charge >= 0.3 is 5.97 Å². The van der Waals surface area contributed by atoms with Gasteiger partial charge in [-0.05, 0) is 31.9 Å². The normalized spacial score (nSPS) is 12.4. The van der Waals surface area contributed by atoms with Gasteiger partial charge in [0, 0.05) is 25.2 Å². The van der Waals surface area contributed by atoms with Gasteiger partial charge < -0.3 is 9.47 Å². The van der Waals surface area contributed by atoms with Crippen molar-refractivity contribution in [3.8, 4) is 0 Å². The van der Waals surface area contributed by atoms with Gasteiger partial charge in [-0.2, -0.15) is 0 Å². The third-order valence-corrected chi connectivity index (χ3v) is 5.53. The van der Waals surface area contributed by atoms with Gasteiger partial charge in [0.15, 0.2) is 5.78 Å². The molecule has 0 aromatic heterocycles. The van der Waals surface area contributed by atoms with Crippen LogP contribution in [0.1, 0.15) is 117 Å². The summed E-state index contributed by atoms with van der Waals surface area (Å²) in [6.45, 7) is 10.9. The maximum atomic E-state index is 12.1. The molecule has 0 aliphatic carbocycles. The van der Waals surface area contributed by atoms with E-state index < -0.39 is 0 Å².